The van der Waals surface area contributed by atoms with E-state index in [0.717, 1.165) is 22.2 Å². The van der Waals surface area contributed by atoms with Crippen LogP contribution in [0, 0.1) is 6.92 Å². The Kier molecular flexibility index (Phi) is 3.01. The van der Waals surface area contributed by atoms with E-state index in [-0.39, 0.29) is 5.41 Å². The predicted molar refractivity (Wildman–Crippen MR) is 68.4 cm³/mol. The maximum Gasteiger partial charge on any atom is 0.212 e. The number of hydrogen-bond acceptors (Lipinski definition) is 5. The zero-order valence-electron chi connectivity index (χ0n) is 10.6. The van der Waals surface area contributed by atoms with Gasteiger partial charge >= 0.3 is 0 Å². The number of aryl methyl sites for hydroxylation is 1. The lowest BCUT2D eigenvalue weighted by Gasteiger charge is -2.19. The van der Waals surface area contributed by atoms with Crippen molar-refractivity contribution in [3.8, 4) is 5.13 Å². The maximum absolute atomic E-state index is 5.71. The lowest BCUT2D eigenvalue weighted by Crippen LogP contribution is -2.20. The molecule has 17 heavy (non-hydrogen) atoms. The van der Waals surface area contributed by atoms with Crippen LogP contribution in [0.2, 0.25) is 0 Å². The van der Waals surface area contributed by atoms with Crippen LogP contribution in [-0.4, -0.2) is 20.0 Å². The molecule has 0 aromatic carbocycles. The molecule has 0 spiro atoms. The van der Waals surface area contributed by atoms with Crippen LogP contribution in [0.15, 0.2) is 5.38 Å². The SMILES string of the molecule is Cc1csc(-n2nnc(CN)c2C(C)(C)C)n1. The third-order valence-electron chi connectivity index (χ3n) is 2.43. The molecule has 0 aliphatic rings. The molecular weight excluding hydrogens is 234 g/mol. The third kappa shape index (κ3) is 2.23. The number of nitrogens with zero attached hydrogens (tertiary/aromatic N) is 4. The number of thiazole rings is 1. The zero-order valence-corrected chi connectivity index (χ0v) is 11.4. The van der Waals surface area contributed by atoms with E-state index >= 15 is 0 Å². The van der Waals surface area contributed by atoms with Gasteiger partial charge in [-0.2, -0.15) is 4.68 Å². The summed E-state index contributed by atoms with van der Waals surface area (Å²) in [5.74, 6) is 0. The minimum atomic E-state index is -0.0578. The van der Waals surface area contributed by atoms with Crippen molar-refractivity contribution in [2.75, 3.05) is 0 Å². The topological polar surface area (TPSA) is 69.6 Å². The van der Waals surface area contributed by atoms with E-state index in [1.54, 1.807) is 16.0 Å². The molecular formula is C11H17N5S. The molecule has 0 radical (unpaired) electrons. The van der Waals surface area contributed by atoms with Crippen LogP contribution in [0.5, 0.6) is 0 Å². The Balaban J connectivity index is 2.59. The van der Waals surface area contributed by atoms with Crippen molar-refractivity contribution < 1.29 is 0 Å². The van der Waals surface area contributed by atoms with Gasteiger partial charge in [-0.25, -0.2) is 4.98 Å². The van der Waals surface area contributed by atoms with Gasteiger partial charge in [0.2, 0.25) is 5.13 Å². The second-order valence-electron chi connectivity index (χ2n) is 5.02. The monoisotopic (exact) mass is 251 g/mol. The van der Waals surface area contributed by atoms with E-state index in [1.807, 2.05) is 12.3 Å². The summed E-state index contributed by atoms with van der Waals surface area (Å²) < 4.78 is 1.81. The normalized spacial score (nSPS) is 12.1. The number of rotatable bonds is 2. The highest BCUT2D eigenvalue weighted by Crippen LogP contribution is 2.27. The Bertz CT molecular complexity index is 520. The Labute approximate surface area is 105 Å². The third-order valence-corrected chi connectivity index (χ3v) is 3.37. The Hall–Kier alpha value is -1.27. The van der Waals surface area contributed by atoms with Crippen molar-refractivity contribution >= 4 is 11.3 Å². The second-order valence-corrected chi connectivity index (χ2v) is 5.86. The van der Waals surface area contributed by atoms with E-state index in [1.165, 1.54) is 0 Å². The summed E-state index contributed by atoms with van der Waals surface area (Å²) >= 11 is 1.57. The van der Waals surface area contributed by atoms with Crippen molar-refractivity contribution in [2.45, 2.75) is 39.7 Å². The van der Waals surface area contributed by atoms with E-state index in [9.17, 15) is 0 Å². The summed E-state index contributed by atoms with van der Waals surface area (Å²) in [7, 11) is 0. The smallest absolute Gasteiger partial charge is 0.212 e. The van der Waals surface area contributed by atoms with Crippen LogP contribution in [0.4, 0.5) is 0 Å². The fourth-order valence-corrected chi connectivity index (χ4v) is 2.53. The summed E-state index contributed by atoms with van der Waals surface area (Å²) in [5, 5.41) is 11.2. The van der Waals surface area contributed by atoms with Gasteiger partial charge in [0.15, 0.2) is 0 Å². The van der Waals surface area contributed by atoms with Gasteiger partial charge in [-0.05, 0) is 6.92 Å². The molecule has 0 atom stereocenters. The van der Waals surface area contributed by atoms with Gasteiger partial charge in [0, 0.05) is 17.3 Å². The minimum Gasteiger partial charge on any atom is -0.325 e. The average molecular weight is 251 g/mol. The van der Waals surface area contributed by atoms with E-state index < -0.39 is 0 Å². The molecule has 0 bridgehead atoms. The summed E-state index contributed by atoms with van der Waals surface area (Å²) in [5.41, 5.74) is 8.52. The van der Waals surface area contributed by atoms with Crippen molar-refractivity contribution in [2.24, 2.45) is 5.73 Å². The number of hydrogen-bond donors (Lipinski definition) is 1. The quantitative estimate of drug-likeness (QED) is 0.883. The Morgan fingerprint density at radius 3 is 2.59 bits per heavy atom. The van der Waals surface area contributed by atoms with Gasteiger partial charge < -0.3 is 5.73 Å². The largest absolute Gasteiger partial charge is 0.325 e. The van der Waals surface area contributed by atoms with Crippen LogP contribution >= 0.6 is 11.3 Å². The van der Waals surface area contributed by atoms with Crippen LogP contribution in [0.1, 0.15) is 37.9 Å². The van der Waals surface area contributed by atoms with Crippen LogP contribution in [0.3, 0.4) is 0 Å². The fraction of sp³-hybridized carbons (Fsp3) is 0.545. The van der Waals surface area contributed by atoms with Crippen molar-refractivity contribution in [1.29, 1.82) is 0 Å². The summed E-state index contributed by atoms with van der Waals surface area (Å²) in [4.78, 5) is 4.44. The molecule has 6 heteroatoms. The maximum atomic E-state index is 5.71. The standard InChI is InChI=1S/C11H17N5S/c1-7-6-17-10(13-7)16-9(11(2,3)4)8(5-12)14-15-16/h6H,5,12H2,1-4H3. The highest BCUT2D eigenvalue weighted by atomic mass is 32.1. The lowest BCUT2D eigenvalue weighted by molar-refractivity contribution is 0.537. The first-order valence-electron chi connectivity index (χ1n) is 5.51. The number of nitrogens with two attached hydrogens (primary N) is 1. The van der Waals surface area contributed by atoms with Gasteiger partial charge in [0.25, 0.3) is 0 Å². The highest BCUT2D eigenvalue weighted by molar-refractivity contribution is 7.12. The Morgan fingerprint density at radius 2 is 2.12 bits per heavy atom. The molecule has 0 amide bonds. The van der Waals surface area contributed by atoms with Crippen LogP contribution < -0.4 is 5.73 Å². The van der Waals surface area contributed by atoms with Crippen molar-refractivity contribution in [1.82, 2.24) is 20.0 Å². The number of aromatic nitrogens is 4. The molecule has 2 aromatic rings. The highest BCUT2D eigenvalue weighted by Gasteiger charge is 2.26. The molecule has 2 N–H and O–H groups in total. The molecule has 0 aliphatic carbocycles. The van der Waals surface area contributed by atoms with Gasteiger partial charge in [-0.1, -0.05) is 26.0 Å². The molecule has 0 saturated heterocycles. The molecule has 2 rings (SSSR count). The molecule has 92 valence electrons. The first-order chi connectivity index (χ1) is 7.93. The molecule has 2 aromatic heterocycles. The van der Waals surface area contributed by atoms with Gasteiger partial charge in [0.1, 0.15) is 5.69 Å². The summed E-state index contributed by atoms with van der Waals surface area (Å²) in [6.07, 6.45) is 0. The average Bonchev–Trinajstić information content (AvgIpc) is 2.81. The molecule has 0 aliphatic heterocycles. The van der Waals surface area contributed by atoms with Crippen molar-refractivity contribution in [3.63, 3.8) is 0 Å². The minimum absolute atomic E-state index is 0.0578. The zero-order chi connectivity index (χ0) is 12.6. The first-order valence-corrected chi connectivity index (χ1v) is 6.39. The van der Waals surface area contributed by atoms with Crippen molar-refractivity contribution in [3.05, 3.63) is 22.5 Å². The molecule has 0 fully saturated rings. The lowest BCUT2D eigenvalue weighted by atomic mass is 9.90. The van der Waals surface area contributed by atoms with Crippen LogP contribution in [0.25, 0.3) is 5.13 Å². The first kappa shape index (κ1) is 12.2. The van der Waals surface area contributed by atoms with E-state index in [2.05, 4.69) is 36.1 Å². The Morgan fingerprint density at radius 1 is 1.41 bits per heavy atom. The van der Waals surface area contributed by atoms with E-state index in [4.69, 9.17) is 5.73 Å². The molecule has 2 heterocycles. The second kappa shape index (κ2) is 4.19. The molecule has 0 unspecified atom stereocenters. The summed E-state index contributed by atoms with van der Waals surface area (Å²) in [6.45, 7) is 8.75. The van der Waals surface area contributed by atoms with Gasteiger partial charge in [0.05, 0.1) is 11.4 Å². The van der Waals surface area contributed by atoms with E-state index in [0.29, 0.717) is 6.54 Å². The molecule has 0 saturated carbocycles. The van der Waals surface area contributed by atoms with Gasteiger partial charge in [-0.15, -0.1) is 16.4 Å². The molecule has 5 nitrogen and oxygen atoms in total. The summed E-state index contributed by atoms with van der Waals surface area (Å²) in [6, 6.07) is 0. The van der Waals surface area contributed by atoms with Crippen LogP contribution in [-0.2, 0) is 12.0 Å². The predicted octanol–water partition coefficient (Wildman–Crippen LogP) is 1.79. The fourth-order valence-electron chi connectivity index (χ4n) is 1.77. The van der Waals surface area contributed by atoms with Gasteiger partial charge in [-0.3, -0.25) is 0 Å².